The zero-order valence-corrected chi connectivity index (χ0v) is 49.4. The predicted octanol–water partition coefficient (Wildman–Crippen LogP) is 1.16. The fourth-order valence-corrected chi connectivity index (χ4v) is 8.23. The third-order valence-corrected chi connectivity index (χ3v) is 11.8. The van der Waals surface area contributed by atoms with Crippen molar-refractivity contribution in [3.8, 4) is 0 Å². The first-order valence-corrected chi connectivity index (χ1v) is 27.3. The van der Waals surface area contributed by atoms with Crippen LogP contribution < -0.4 is 21.3 Å². The van der Waals surface area contributed by atoms with Gasteiger partial charge in [0.2, 0.25) is 17.7 Å². The Balaban J connectivity index is 1.74. The zero-order valence-electron chi connectivity index (χ0n) is 49.4. The first-order chi connectivity index (χ1) is 37.5. The third kappa shape index (κ3) is 28.9. The minimum Gasteiger partial charge on any atom is -0.480 e. The largest absolute Gasteiger partial charge is 0.480 e. The molecule has 2 aliphatic rings. The molecule has 25 nitrogen and oxygen atoms in total. The average molecular weight is 1140 g/mol. The maximum atomic E-state index is 13.8. The number of benzene rings is 1. The Labute approximate surface area is 475 Å². The summed E-state index contributed by atoms with van der Waals surface area (Å²) in [6.07, 6.45) is 2.10. The minimum absolute atomic E-state index is 0.0235. The molecule has 0 saturated carbocycles. The number of carbonyl (C=O) groups excluding carboxylic acids is 10. The van der Waals surface area contributed by atoms with Gasteiger partial charge >= 0.3 is 29.8 Å². The number of carboxylic acids is 1. The molecule has 0 aliphatic carbocycles. The number of imide groups is 1. The number of amides is 6. The van der Waals surface area contributed by atoms with Gasteiger partial charge < -0.3 is 45.3 Å². The lowest BCUT2D eigenvalue weighted by atomic mass is 10.1. The second-order valence-electron chi connectivity index (χ2n) is 24.0. The van der Waals surface area contributed by atoms with Crippen molar-refractivity contribution >= 4 is 65.3 Å². The highest BCUT2D eigenvalue weighted by atomic mass is 16.6. The molecule has 2 aliphatic heterocycles. The van der Waals surface area contributed by atoms with Gasteiger partial charge in [0.25, 0.3) is 17.7 Å². The number of hydrogen-bond donors (Lipinski definition) is 5. The molecule has 0 aromatic heterocycles. The molecule has 0 spiro atoms. The maximum Gasteiger partial charge on any atom is 0.326 e. The number of unbranched alkanes of at least 4 members (excludes halogenated alkanes) is 1. The Morgan fingerprint density at radius 2 is 0.975 bits per heavy atom. The summed E-state index contributed by atoms with van der Waals surface area (Å²) in [5.41, 5.74) is -2.57. The molecule has 1 fully saturated rings. The Morgan fingerprint density at radius 3 is 1.41 bits per heavy atom. The van der Waals surface area contributed by atoms with Gasteiger partial charge in [0.05, 0.1) is 39.1 Å². The minimum atomic E-state index is -1.56. The highest BCUT2D eigenvalue weighted by molar-refractivity contribution is 6.12. The summed E-state index contributed by atoms with van der Waals surface area (Å²) >= 11 is 0. The molecule has 0 radical (unpaired) electrons. The summed E-state index contributed by atoms with van der Waals surface area (Å²) in [6, 6.07) is 3.26. The van der Waals surface area contributed by atoms with Gasteiger partial charge in [-0.3, -0.25) is 72.4 Å². The molecule has 2 heterocycles. The van der Waals surface area contributed by atoms with E-state index in [2.05, 4.69) is 21.3 Å². The number of carbonyl (C=O) groups is 11. The van der Waals surface area contributed by atoms with Crippen molar-refractivity contribution in [3.63, 3.8) is 0 Å². The molecule has 452 valence electrons. The van der Waals surface area contributed by atoms with E-state index in [9.17, 15) is 57.8 Å². The van der Waals surface area contributed by atoms with E-state index >= 15 is 0 Å². The number of hydrogen-bond acceptors (Lipinski definition) is 19. The summed E-state index contributed by atoms with van der Waals surface area (Å²) in [4.78, 5) is 151. The zero-order chi connectivity index (χ0) is 60.9. The van der Waals surface area contributed by atoms with Crippen LogP contribution in [0.5, 0.6) is 0 Å². The van der Waals surface area contributed by atoms with Gasteiger partial charge in [-0.1, -0.05) is 12.1 Å². The van der Waals surface area contributed by atoms with Crippen LogP contribution in [-0.4, -0.2) is 221 Å². The monoisotopic (exact) mass is 1140 g/mol. The maximum absolute atomic E-state index is 13.8. The summed E-state index contributed by atoms with van der Waals surface area (Å²) < 4.78 is 22.3. The Kier molecular flexibility index (Phi) is 26.5. The average Bonchev–Trinajstić information content (AvgIpc) is 3.66. The Bertz CT molecular complexity index is 2360. The van der Waals surface area contributed by atoms with E-state index in [1.165, 1.54) is 12.1 Å². The molecule has 3 rings (SSSR count). The second kappa shape index (κ2) is 31.4. The van der Waals surface area contributed by atoms with E-state index in [1.807, 2.05) is 19.6 Å². The third-order valence-electron chi connectivity index (χ3n) is 11.8. The van der Waals surface area contributed by atoms with Crippen LogP contribution in [0.15, 0.2) is 36.4 Å². The molecule has 1 aromatic carbocycles. The van der Waals surface area contributed by atoms with Crippen LogP contribution in [0.1, 0.15) is 125 Å². The van der Waals surface area contributed by atoms with E-state index in [0.29, 0.717) is 57.9 Å². The van der Waals surface area contributed by atoms with Crippen LogP contribution in [-0.2, 0) is 73.4 Å². The molecule has 0 unspecified atom stereocenters. The molecule has 25 heteroatoms. The Morgan fingerprint density at radius 1 is 0.543 bits per heavy atom. The molecular formula is C56H87N9O16. The quantitative estimate of drug-likeness (QED) is 0.0420. The van der Waals surface area contributed by atoms with Gasteiger partial charge in [0, 0.05) is 83.2 Å². The normalized spacial score (nSPS) is 16.5. The highest BCUT2D eigenvalue weighted by Gasteiger charge is 2.31. The van der Waals surface area contributed by atoms with Crippen molar-refractivity contribution in [2.24, 2.45) is 0 Å². The summed E-state index contributed by atoms with van der Waals surface area (Å²) in [6.45, 7) is 22.7. The predicted molar refractivity (Wildman–Crippen MR) is 296 cm³/mol. The van der Waals surface area contributed by atoms with Crippen LogP contribution in [0.25, 0.3) is 0 Å². The lowest BCUT2D eigenvalue weighted by Gasteiger charge is -2.34. The van der Waals surface area contributed by atoms with Crippen LogP contribution >= 0.6 is 0 Å². The fraction of sp³-hybridized carbons (Fsp3) is 0.661. The van der Waals surface area contributed by atoms with Gasteiger partial charge in [0.15, 0.2) is 0 Å². The molecule has 2 atom stereocenters. The summed E-state index contributed by atoms with van der Waals surface area (Å²) in [5, 5.41) is 19.8. The summed E-state index contributed by atoms with van der Waals surface area (Å²) in [5.74, 6) is -7.43. The number of aliphatic carboxylic acids is 1. The van der Waals surface area contributed by atoms with Crippen LogP contribution in [0, 0.1) is 0 Å². The number of nitrogens with one attached hydrogen (secondary N) is 4. The topological polar surface area (TPSA) is 309 Å². The van der Waals surface area contributed by atoms with Crippen LogP contribution in [0.2, 0.25) is 0 Å². The number of nitrogens with zero attached hydrogens (tertiary/aromatic N) is 5. The number of carboxylic acid groups (broad SMARTS) is 1. The van der Waals surface area contributed by atoms with E-state index in [4.69, 9.17) is 18.9 Å². The smallest absolute Gasteiger partial charge is 0.326 e. The van der Waals surface area contributed by atoms with Crippen LogP contribution in [0.4, 0.5) is 0 Å². The van der Waals surface area contributed by atoms with Gasteiger partial charge in [-0.05, 0) is 120 Å². The molecule has 6 amide bonds. The van der Waals surface area contributed by atoms with Crippen molar-refractivity contribution < 1.29 is 76.8 Å². The van der Waals surface area contributed by atoms with Crippen molar-refractivity contribution in [1.29, 1.82) is 0 Å². The van der Waals surface area contributed by atoms with Crippen molar-refractivity contribution in [2.75, 3.05) is 91.6 Å². The molecule has 1 aromatic rings. The van der Waals surface area contributed by atoms with Crippen LogP contribution in [0.3, 0.4) is 0 Å². The number of ether oxygens (including phenoxy) is 4. The van der Waals surface area contributed by atoms with E-state index in [1.54, 1.807) is 95.2 Å². The van der Waals surface area contributed by atoms with E-state index in [-0.39, 0.29) is 70.0 Å². The van der Waals surface area contributed by atoms with E-state index in [0.717, 1.165) is 17.1 Å². The second-order valence-corrected chi connectivity index (χ2v) is 24.0. The number of rotatable bonds is 24. The molecule has 0 bridgehead atoms. The van der Waals surface area contributed by atoms with Gasteiger partial charge in [-0.2, -0.15) is 0 Å². The Hall–Kier alpha value is -6.83. The van der Waals surface area contributed by atoms with Crippen molar-refractivity contribution in [1.82, 2.24) is 45.8 Å². The van der Waals surface area contributed by atoms with Gasteiger partial charge in [-0.15, -0.1) is 0 Å². The molecule has 81 heavy (non-hydrogen) atoms. The highest BCUT2D eigenvalue weighted by Crippen LogP contribution is 2.15. The lowest BCUT2D eigenvalue weighted by molar-refractivity contribution is -0.158. The lowest BCUT2D eigenvalue weighted by Crippen LogP contribution is -2.51. The first kappa shape index (κ1) is 68.4. The molecule has 5 N–H and O–H groups in total. The summed E-state index contributed by atoms with van der Waals surface area (Å²) in [7, 11) is 0. The van der Waals surface area contributed by atoms with Gasteiger partial charge in [-0.25, -0.2) is 4.79 Å². The number of esters is 4. The molecular weight excluding hydrogens is 1050 g/mol. The van der Waals surface area contributed by atoms with Crippen molar-refractivity contribution in [2.45, 2.75) is 150 Å². The SMILES string of the molecule is CC(C)(C)OC(=O)C[C@H](NC(=O)c1cccc(CNC(=O)CN2CCN(CC(=O)OC(C)(C)C)CCN(CC(=O)OC(C)(C)C)CCN(CC(=O)OC(C)(C)C)CC2)c1)C(=O)NCC(=O)N[C@@H](CCCCN1C(=O)C=CC1=O)C(=O)O. The fourth-order valence-electron chi connectivity index (χ4n) is 8.23. The molecule has 1 saturated heterocycles. The first-order valence-electron chi connectivity index (χ1n) is 27.3. The standard InChI is InChI=1S/C56H87N9O16/c1-53(2,3)78-46(70)31-41(51(75)58-33-42(66)59-40(52(76)77)18-13-14-21-65-44(68)19-20-45(65)69)60-50(74)39-17-15-16-38(30-39)32-57-43(67)34-61-22-24-62(35-47(71)79-54(4,5)6)26-28-64(37-49(73)81-56(10,11)12)29-27-63(25-23-61)36-48(72)80-55(7,8)9/h15-17,19-20,30,40-41H,13-14,18,21-29,31-37H2,1-12H3,(H,57,67)(H,58,75)(H,59,66)(H,60,74)(H,76,77)/t40-,41-/m0/s1. The van der Waals surface area contributed by atoms with E-state index < -0.39 is 107 Å². The van der Waals surface area contributed by atoms with Gasteiger partial charge in [0.1, 0.15) is 34.5 Å². The van der Waals surface area contributed by atoms with Crippen molar-refractivity contribution in [3.05, 3.63) is 47.5 Å².